The van der Waals surface area contributed by atoms with Crippen LogP contribution < -0.4 is 37.8 Å². The van der Waals surface area contributed by atoms with Gasteiger partial charge < -0.3 is 0 Å². The molecule has 394 valence electrons. The van der Waals surface area contributed by atoms with Gasteiger partial charge in [-0.2, -0.15) is 0 Å². The Morgan fingerprint density at radius 1 is 0.286 bits per heavy atom. The van der Waals surface area contributed by atoms with Gasteiger partial charge in [0.25, 0.3) is 0 Å². The highest BCUT2D eigenvalue weighted by molar-refractivity contribution is 7.96. The van der Waals surface area contributed by atoms with E-state index in [1.807, 2.05) is 42.5 Å². The topological polar surface area (TPSA) is 17.1 Å². The van der Waals surface area contributed by atoms with Crippen molar-refractivity contribution in [3.8, 4) is 0 Å². The Morgan fingerprint density at radius 3 is 0.792 bits per heavy atom. The van der Waals surface area contributed by atoms with Crippen LogP contribution in [0.1, 0.15) is 10.4 Å². The molecule has 0 saturated heterocycles. The zero-order valence-corrected chi connectivity index (χ0v) is 38.8. The Morgan fingerprint density at radius 2 is 0.519 bits per heavy atom. The minimum absolute atomic E-state index is 0.181. The molecule has 0 N–H and O–H groups in total. The summed E-state index contributed by atoms with van der Waals surface area (Å²) in [6.07, 6.45) is -6.76. The molecule has 23 heteroatoms. The maximum atomic E-state index is 15.4. The molecule has 77 heavy (non-hydrogen) atoms. The number of ketones is 1. The number of benzene rings is 9. The first-order valence-corrected chi connectivity index (χ1v) is 23.8. The van der Waals surface area contributed by atoms with E-state index < -0.39 is 152 Å². The van der Waals surface area contributed by atoms with Crippen molar-refractivity contribution in [2.45, 2.75) is 0 Å². The van der Waals surface area contributed by atoms with Gasteiger partial charge in [-0.05, 0) is 53.2 Å². The summed E-state index contributed by atoms with van der Waals surface area (Å²) in [5, 5.41) is 5.94. The van der Waals surface area contributed by atoms with Gasteiger partial charge in [0.1, 0.15) is 82.0 Å². The van der Waals surface area contributed by atoms with Crippen molar-refractivity contribution in [1.29, 1.82) is 0 Å². The molecule has 0 radical (unpaired) electrons. The second-order valence-electron chi connectivity index (χ2n) is 16.8. The predicted octanol–water partition coefficient (Wildman–Crippen LogP) is 11.9. The highest BCUT2D eigenvalue weighted by Gasteiger charge is 2.53. The van der Waals surface area contributed by atoms with E-state index in [2.05, 4.69) is 91.0 Å². The molecule has 0 unspecified atom stereocenters. The number of Topliss-reactive ketones (excluding diaryl/α,β-unsaturated/α-hetero) is 1. The van der Waals surface area contributed by atoms with E-state index in [1.54, 1.807) is 0 Å². The molecule has 0 aliphatic heterocycles. The van der Waals surface area contributed by atoms with Gasteiger partial charge in [0, 0.05) is 5.56 Å². The monoisotopic (exact) mass is 1110 g/mol. The van der Waals surface area contributed by atoms with Crippen molar-refractivity contribution < 1.29 is 92.6 Å². The first-order valence-electron chi connectivity index (χ1n) is 21.8. The molecule has 9 aromatic carbocycles. The summed E-state index contributed by atoms with van der Waals surface area (Å²) in [7, 11) is -2.18. The molecule has 0 spiro atoms. The first kappa shape index (κ1) is 55.2. The average molecular weight is 1110 g/mol. The van der Waals surface area contributed by atoms with Gasteiger partial charge >= 0.3 is 0 Å². The van der Waals surface area contributed by atoms with Gasteiger partial charge in [-0.15, -0.1) is 21.9 Å². The normalized spacial score (nSPS) is 11.7. The van der Waals surface area contributed by atoms with Crippen LogP contribution in [-0.4, -0.2) is 18.1 Å². The van der Waals surface area contributed by atoms with Gasteiger partial charge in [-0.25, -0.2) is 87.8 Å². The van der Waals surface area contributed by atoms with E-state index >= 15 is 35.1 Å². The van der Waals surface area contributed by atoms with Gasteiger partial charge in [0.2, 0.25) is 5.78 Å². The van der Waals surface area contributed by atoms with Gasteiger partial charge in [0.15, 0.2) is 69.8 Å². The molecule has 0 amide bonds. The molecule has 0 saturated carbocycles. The summed E-state index contributed by atoms with van der Waals surface area (Å²) in [6, 6.07) is 46.0. The van der Waals surface area contributed by atoms with Gasteiger partial charge in [0.05, 0.1) is 0 Å². The standard InChI is InChI=1S/C30H24OP.C24BF20/c31-30(26-21-20-24-12-10-11-13-25(24)22-26)23-32(27-14-4-1-5-15-27,28-16-6-2-7-17-28)29-18-8-3-9-19-29;26-5-1(6(27)14(35)21(42)13(5)34)25(2-7(28)15(36)22(43)16(37)8(2)29,3-9(30)17(38)23(44)18(39)10(3)31)4-11(32)19(40)24(45)20(41)12(4)33/h1-22H,23H2;/q+1;-1. The van der Waals surface area contributed by atoms with Crippen LogP contribution in [0, 0.1) is 116 Å². The number of fused-ring (bicyclic) bond motifs is 1. The van der Waals surface area contributed by atoms with Crippen LogP contribution in [0.15, 0.2) is 133 Å². The molecule has 0 atom stereocenters. The zero-order chi connectivity index (χ0) is 56.2. The lowest BCUT2D eigenvalue weighted by Crippen LogP contribution is -2.81. The Kier molecular flexibility index (Phi) is 15.2. The molecule has 9 aromatic rings. The van der Waals surface area contributed by atoms with Crippen molar-refractivity contribution in [3.05, 3.63) is 255 Å². The fourth-order valence-electron chi connectivity index (χ4n) is 9.31. The molecule has 0 aromatic heterocycles. The average Bonchev–Trinajstić information content (AvgIpc) is 3.58. The molecule has 1 nitrogen and oxygen atoms in total. The molecular formula is C54H24BF20OP. The van der Waals surface area contributed by atoms with Crippen molar-refractivity contribution in [2.75, 3.05) is 6.16 Å². The molecule has 0 aliphatic carbocycles. The van der Waals surface area contributed by atoms with Crippen LogP contribution in [0.25, 0.3) is 10.8 Å². The largest absolute Gasteiger partial charge is 0.290 e. The minimum atomic E-state index is -7.22. The smallest absolute Gasteiger partial charge is 0.201 e. The molecular weight excluding hydrogens is 1090 g/mol. The maximum absolute atomic E-state index is 15.4. The Bertz CT molecular complexity index is 3330. The number of hydrogen-bond acceptors (Lipinski definition) is 1. The number of halogens is 20. The fourth-order valence-corrected chi connectivity index (χ4v) is 13.4. The highest BCUT2D eigenvalue weighted by atomic mass is 31.2. The Labute approximate surface area is 420 Å². The second kappa shape index (κ2) is 21.2. The van der Waals surface area contributed by atoms with E-state index in [0.29, 0.717) is 6.16 Å². The fraction of sp³-hybridized carbons (Fsp3) is 0.0185. The van der Waals surface area contributed by atoms with Crippen LogP contribution in [0.5, 0.6) is 0 Å². The molecule has 0 fully saturated rings. The second-order valence-corrected chi connectivity index (χ2v) is 20.2. The number of hydrogen-bond donors (Lipinski definition) is 0. The summed E-state index contributed by atoms with van der Waals surface area (Å²) in [5.74, 6) is -71.2. The van der Waals surface area contributed by atoms with Crippen LogP contribution in [0.4, 0.5) is 87.8 Å². The van der Waals surface area contributed by atoms with Gasteiger partial charge in [-0.3, -0.25) is 4.79 Å². The summed E-state index contributed by atoms with van der Waals surface area (Å²) in [6.45, 7) is 0. The lowest BCUT2D eigenvalue weighted by Gasteiger charge is -2.44. The number of carbonyl (C=O) groups excluding carboxylic acids is 1. The van der Waals surface area contributed by atoms with Crippen molar-refractivity contribution >= 4 is 67.7 Å². The lowest BCUT2D eigenvalue weighted by atomic mass is 9.12. The number of rotatable bonds is 10. The third-order valence-corrected chi connectivity index (χ3v) is 17.1. The van der Waals surface area contributed by atoms with E-state index in [4.69, 9.17) is 0 Å². The predicted molar refractivity (Wildman–Crippen MR) is 248 cm³/mol. The van der Waals surface area contributed by atoms with E-state index in [-0.39, 0.29) is 5.78 Å². The number of carbonyl (C=O) groups is 1. The molecule has 0 bridgehead atoms. The van der Waals surface area contributed by atoms with Crippen molar-refractivity contribution in [1.82, 2.24) is 0 Å². The van der Waals surface area contributed by atoms with Crippen LogP contribution >= 0.6 is 7.26 Å². The summed E-state index contributed by atoms with van der Waals surface area (Å²) >= 11 is 0. The lowest BCUT2D eigenvalue weighted by molar-refractivity contribution is 0.102. The first-order chi connectivity index (χ1) is 36.5. The maximum Gasteiger partial charge on any atom is 0.201 e. The summed E-state index contributed by atoms with van der Waals surface area (Å²) in [4.78, 5) is 13.9. The zero-order valence-electron chi connectivity index (χ0n) is 37.9. The van der Waals surface area contributed by atoms with Gasteiger partial charge in [-0.1, -0.05) is 91.0 Å². The third kappa shape index (κ3) is 8.85. The molecule has 0 heterocycles. The van der Waals surface area contributed by atoms with E-state index in [9.17, 15) is 57.5 Å². The quantitative estimate of drug-likeness (QED) is 0.0333. The SMILES string of the molecule is Fc1c(F)c(F)c([B-](c2c(F)c(F)c(F)c(F)c2F)(c2c(F)c(F)c(F)c(F)c2F)c2c(F)c(F)c(F)c(F)c2F)c(F)c1F.O=C(C[P+](c1ccccc1)(c1ccccc1)c1ccccc1)c1ccc2ccccc2c1. The van der Waals surface area contributed by atoms with Crippen molar-refractivity contribution in [3.63, 3.8) is 0 Å². The molecule has 0 aliphatic rings. The summed E-state index contributed by atoms with van der Waals surface area (Å²) < 4.78 is 294. The Hall–Kier alpha value is -8.00. The summed E-state index contributed by atoms with van der Waals surface area (Å²) in [5.41, 5.74) is -13.6. The van der Waals surface area contributed by atoms with Crippen LogP contribution in [0.2, 0.25) is 0 Å². The van der Waals surface area contributed by atoms with Crippen LogP contribution in [-0.2, 0) is 0 Å². The van der Waals surface area contributed by atoms with Crippen molar-refractivity contribution in [2.24, 2.45) is 0 Å². The van der Waals surface area contributed by atoms with Crippen LogP contribution in [0.3, 0.4) is 0 Å². The Balaban J connectivity index is 0.000000215. The third-order valence-electron chi connectivity index (χ3n) is 12.8. The highest BCUT2D eigenvalue weighted by Crippen LogP contribution is 2.55. The van der Waals surface area contributed by atoms with E-state index in [0.717, 1.165) is 16.3 Å². The van der Waals surface area contributed by atoms with E-state index in [1.165, 1.54) is 15.9 Å². The molecule has 9 rings (SSSR count). The minimum Gasteiger partial charge on any atom is -0.290 e.